The first-order valence-electron chi connectivity index (χ1n) is 6.83. The van der Waals surface area contributed by atoms with Gasteiger partial charge in [0, 0.05) is 37.9 Å². The summed E-state index contributed by atoms with van der Waals surface area (Å²) in [5.41, 5.74) is 5.52. The number of hydrogen-bond acceptors (Lipinski definition) is 5. The molecule has 1 aromatic rings. The minimum absolute atomic E-state index is 0.0694. The number of carboxylic acids is 1. The smallest absolute Gasteiger partial charge is 0.337 e. The second kappa shape index (κ2) is 6.28. The minimum atomic E-state index is -1.16. The van der Waals surface area contributed by atoms with E-state index >= 15 is 0 Å². The van der Waals surface area contributed by atoms with Crippen LogP contribution < -0.4 is 11.1 Å². The van der Waals surface area contributed by atoms with E-state index in [0.29, 0.717) is 6.54 Å². The third kappa shape index (κ3) is 3.62. The number of benzene rings is 1. The molecule has 1 aromatic carbocycles. The lowest BCUT2D eigenvalue weighted by molar-refractivity contribution is 0.0698. The monoisotopic (exact) mass is 296 g/mol. The van der Waals surface area contributed by atoms with E-state index in [9.17, 15) is 9.18 Å². The lowest BCUT2D eigenvalue weighted by Gasteiger charge is -2.37. The molecule has 0 amide bonds. The van der Waals surface area contributed by atoms with Crippen LogP contribution in [0.15, 0.2) is 12.1 Å². The molecule has 1 unspecified atom stereocenters. The zero-order valence-electron chi connectivity index (χ0n) is 12.3. The second-order valence-electron chi connectivity index (χ2n) is 5.50. The first kappa shape index (κ1) is 15.5. The zero-order chi connectivity index (χ0) is 15.6. The fourth-order valence-corrected chi connectivity index (χ4v) is 2.46. The number of halogens is 1. The fraction of sp³-hybridized carbons (Fsp3) is 0.500. The minimum Gasteiger partial charge on any atom is -0.478 e. The summed E-state index contributed by atoms with van der Waals surface area (Å²) < 4.78 is 13.9. The SMILES string of the molecule is CN1CCN(C)C(CNc2cc(C(=O)O)c(N)cc2F)C1. The maximum absolute atomic E-state index is 13.9. The van der Waals surface area contributed by atoms with E-state index in [-0.39, 0.29) is 23.0 Å². The van der Waals surface area contributed by atoms with Gasteiger partial charge in [0.15, 0.2) is 0 Å². The molecule has 1 fully saturated rings. The Labute approximate surface area is 123 Å². The number of likely N-dealkylation sites (N-methyl/N-ethyl adjacent to an activating group) is 2. The van der Waals surface area contributed by atoms with E-state index in [0.717, 1.165) is 25.7 Å². The van der Waals surface area contributed by atoms with Gasteiger partial charge < -0.3 is 21.1 Å². The molecule has 7 heteroatoms. The Balaban J connectivity index is 2.09. The highest BCUT2D eigenvalue weighted by atomic mass is 19.1. The molecule has 0 aliphatic carbocycles. The quantitative estimate of drug-likeness (QED) is 0.712. The Bertz CT molecular complexity index is 538. The summed E-state index contributed by atoms with van der Waals surface area (Å²) in [6, 6.07) is 2.54. The number of anilines is 2. The van der Waals surface area contributed by atoms with E-state index in [1.54, 1.807) is 0 Å². The van der Waals surface area contributed by atoms with Crippen molar-refractivity contribution < 1.29 is 14.3 Å². The molecule has 6 nitrogen and oxygen atoms in total. The average molecular weight is 296 g/mol. The van der Waals surface area contributed by atoms with Crippen molar-refractivity contribution in [1.82, 2.24) is 9.80 Å². The highest BCUT2D eigenvalue weighted by Crippen LogP contribution is 2.22. The summed E-state index contributed by atoms with van der Waals surface area (Å²) in [6.45, 7) is 3.38. The number of piperazine rings is 1. The molecule has 0 radical (unpaired) electrons. The number of hydrogen-bond donors (Lipinski definition) is 3. The van der Waals surface area contributed by atoms with Crippen molar-refractivity contribution in [3.05, 3.63) is 23.5 Å². The number of rotatable bonds is 4. The van der Waals surface area contributed by atoms with Gasteiger partial charge in [-0.3, -0.25) is 4.90 Å². The molecule has 4 N–H and O–H groups in total. The van der Waals surface area contributed by atoms with Crippen molar-refractivity contribution in [2.75, 3.05) is 51.3 Å². The third-order valence-electron chi connectivity index (χ3n) is 3.88. The van der Waals surface area contributed by atoms with Crippen molar-refractivity contribution in [3.8, 4) is 0 Å². The topological polar surface area (TPSA) is 81.8 Å². The molecule has 1 aliphatic heterocycles. The first-order valence-corrected chi connectivity index (χ1v) is 6.83. The van der Waals surface area contributed by atoms with Crippen LogP contribution in [0.25, 0.3) is 0 Å². The van der Waals surface area contributed by atoms with Gasteiger partial charge in [0.2, 0.25) is 0 Å². The van der Waals surface area contributed by atoms with Gasteiger partial charge in [0.25, 0.3) is 0 Å². The number of carbonyl (C=O) groups is 1. The molecule has 1 atom stereocenters. The first-order chi connectivity index (χ1) is 9.88. The number of carboxylic acid groups (broad SMARTS) is 1. The molecule has 1 heterocycles. The zero-order valence-corrected chi connectivity index (χ0v) is 12.3. The Kier molecular flexibility index (Phi) is 4.64. The van der Waals surface area contributed by atoms with Gasteiger partial charge in [-0.1, -0.05) is 0 Å². The van der Waals surface area contributed by atoms with Gasteiger partial charge >= 0.3 is 5.97 Å². The summed E-state index contributed by atoms with van der Waals surface area (Å²) >= 11 is 0. The number of nitrogens with two attached hydrogens (primary N) is 1. The molecule has 0 saturated carbocycles. The van der Waals surface area contributed by atoms with E-state index in [1.807, 2.05) is 14.1 Å². The van der Waals surface area contributed by atoms with Crippen LogP contribution in [0.5, 0.6) is 0 Å². The van der Waals surface area contributed by atoms with Crippen LogP contribution >= 0.6 is 0 Å². The molecule has 21 heavy (non-hydrogen) atoms. The Morgan fingerprint density at radius 2 is 2.19 bits per heavy atom. The summed E-state index contributed by atoms with van der Waals surface area (Å²) in [5.74, 6) is -1.70. The van der Waals surface area contributed by atoms with E-state index < -0.39 is 11.8 Å². The van der Waals surface area contributed by atoms with Crippen molar-refractivity contribution in [2.24, 2.45) is 0 Å². The van der Waals surface area contributed by atoms with Gasteiger partial charge in [-0.2, -0.15) is 0 Å². The summed E-state index contributed by atoms with van der Waals surface area (Å²) in [4.78, 5) is 15.5. The average Bonchev–Trinajstić information content (AvgIpc) is 2.41. The third-order valence-corrected chi connectivity index (χ3v) is 3.88. The number of nitrogen functional groups attached to an aromatic ring is 1. The normalized spacial score (nSPS) is 20.4. The number of nitrogens with one attached hydrogen (secondary N) is 1. The van der Waals surface area contributed by atoms with E-state index in [4.69, 9.17) is 10.8 Å². The molecule has 0 spiro atoms. The van der Waals surface area contributed by atoms with Crippen molar-refractivity contribution in [3.63, 3.8) is 0 Å². The number of aromatic carboxylic acids is 1. The van der Waals surface area contributed by atoms with Gasteiger partial charge in [-0.25, -0.2) is 9.18 Å². The summed E-state index contributed by atoms with van der Waals surface area (Å²) in [7, 11) is 4.08. The molecule has 2 rings (SSSR count). The van der Waals surface area contributed by atoms with Gasteiger partial charge in [0.05, 0.1) is 11.3 Å². The maximum Gasteiger partial charge on any atom is 0.337 e. The molecular weight excluding hydrogens is 275 g/mol. The second-order valence-corrected chi connectivity index (χ2v) is 5.50. The largest absolute Gasteiger partial charge is 0.478 e. The Hall–Kier alpha value is -1.86. The molecule has 1 saturated heterocycles. The van der Waals surface area contributed by atoms with Crippen LogP contribution in [0.4, 0.5) is 15.8 Å². The van der Waals surface area contributed by atoms with Crippen LogP contribution in [0, 0.1) is 5.82 Å². The van der Waals surface area contributed by atoms with E-state index in [1.165, 1.54) is 6.07 Å². The summed E-state index contributed by atoms with van der Waals surface area (Å²) in [5, 5.41) is 12.0. The summed E-state index contributed by atoms with van der Waals surface area (Å²) in [6.07, 6.45) is 0. The lowest BCUT2D eigenvalue weighted by Crippen LogP contribution is -2.52. The fourth-order valence-electron chi connectivity index (χ4n) is 2.46. The molecule has 116 valence electrons. The number of nitrogens with zero attached hydrogens (tertiary/aromatic N) is 2. The molecular formula is C14H21FN4O2. The van der Waals surface area contributed by atoms with Crippen LogP contribution in [0.3, 0.4) is 0 Å². The highest BCUT2D eigenvalue weighted by molar-refractivity contribution is 5.94. The highest BCUT2D eigenvalue weighted by Gasteiger charge is 2.22. The van der Waals surface area contributed by atoms with Crippen LogP contribution in [0.1, 0.15) is 10.4 Å². The molecule has 0 aromatic heterocycles. The standard InChI is InChI=1S/C14H21FN4O2/c1-18-3-4-19(2)9(8-18)7-17-13-5-10(14(20)21)12(16)6-11(13)15/h5-6,9,17H,3-4,7-8,16H2,1-2H3,(H,20,21). The van der Waals surface area contributed by atoms with Crippen molar-refractivity contribution >= 4 is 17.3 Å². The Morgan fingerprint density at radius 3 is 2.86 bits per heavy atom. The van der Waals surface area contributed by atoms with E-state index in [2.05, 4.69) is 15.1 Å². The van der Waals surface area contributed by atoms with Crippen LogP contribution in [0.2, 0.25) is 0 Å². The van der Waals surface area contributed by atoms with Gasteiger partial charge in [-0.05, 0) is 26.2 Å². The lowest BCUT2D eigenvalue weighted by atomic mass is 10.1. The Morgan fingerprint density at radius 1 is 1.48 bits per heavy atom. The predicted octanol–water partition coefficient (Wildman–Crippen LogP) is 0.764. The molecule has 0 bridgehead atoms. The van der Waals surface area contributed by atoms with Crippen LogP contribution in [-0.2, 0) is 0 Å². The van der Waals surface area contributed by atoms with Crippen molar-refractivity contribution in [2.45, 2.75) is 6.04 Å². The van der Waals surface area contributed by atoms with Gasteiger partial charge in [-0.15, -0.1) is 0 Å². The predicted molar refractivity (Wildman–Crippen MR) is 80.2 cm³/mol. The van der Waals surface area contributed by atoms with Crippen molar-refractivity contribution in [1.29, 1.82) is 0 Å². The molecule has 1 aliphatic rings. The maximum atomic E-state index is 13.9. The van der Waals surface area contributed by atoms with Gasteiger partial charge in [0.1, 0.15) is 5.82 Å². The van der Waals surface area contributed by atoms with Crippen LogP contribution in [-0.4, -0.2) is 67.2 Å².